The van der Waals surface area contributed by atoms with Crippen LogP contribution < -0.4 is 5.32 Å². The van der Waals surface area contributed by atoms with Crippen LogP contribution in [0.5, 0.6) is 0 Å². The zero-order chi connectivity index (χ0) is 12.9. The van der Waals surface area contributed by atoms with E-state index in [-0.39, 0.29) is 0 Å². The lowest BCUT2D eigenvalue weighted by atomic mass is 10.3. The van der Waals surface area contributed by atoms with Gasteiger partial charge in [0, 0.05) is 5.69 Å². The van der Waals surface area contributed by atoms with Gasteiger partial charge < -0.3 is 5.32 Å². The van der Waals surface area contributed by atoms with E-state index in [4.69, 9.17) is 5.26 Å². The molecule has 0 bridgehead atoms. The maximum atomic E-state index is 11.6. The molecule has 1 rings (SSSR count). The number of para-hydroxylation sites is 1. The molecule has 17 heavy (non-hydrogen) atoms. The second-order valence-corrected chi connectivity index (χ2v) is 5.78. The van der Waals surface area contributed by atoms with Gasteiger partial charge >= 0.3 is 0 Å². The second kappa shape index (κ2) is 5.46. The number of benzene rings is 1. The molecule has 1 unspecified atom stereocenters. The Kier molecular flexibility index (Phi) is 4.24. The fourth-order valence-corrected chi connectivity index (χ4v) is 1.96. The van der Waals surface area contributed by atoms with E-state index in [9.17, 15) is 13.2 Å². The lowest BCUT2D eigenvalue weighted by molar-refractivity contribution is -0.115. The monoisotopic (exact) mass is 252 g/mol. The summed E-state index contributed by atoms with van der Waals surface area (Å²) in [5.74, 6) is -1.29. The van der Waals surface area contributed by atoms with E-state index < -0.39 is 26.7 Å². The molecule has 0 aliphatic carbocycles. The van der Waals surface area contributed by atoms with Crippen molar-refractivity contribution < 1.29 is 13.2 Å². The van der Waals surface area contributed by atoms with Gasteiger partial charge in [-0.05, 0) is 19.1 Å². The average Bonchev–Trinajstić information content (AvgIpc) is 2.29. The molecule has 1 aromatic carbocycles. The highest BCUT2D eigenvalue weighted by Gasteiger charge is 2.27. The molecule has 1 aromatic rings. The molecule has 0 saturated heterocycles. The standard InChI is InChI=1S/C11H12N2O3S/c1-9(17(15,16)8-7-12)11(14)13-10-5-3-2-4-6-10/h2-6,9H,8H2,1H3,(H,13,14). The molecule has 90 valence electrons. The summed E-state index contributed by atoms with van der Waals surface area (Å²) in [6, 6.07) is 10.1. The molecule has 1 atom stereocenters. The van der Waals surface area contributed by atoms with Crippen molar-refractivity contribution in [2.45, 2.75) is 12.2 Å². The van der Waals surface area contributed by atoms with Crippen LogP contribution in [0.4, 0.5) is 5.69 Å². The summed E-state index contributed by atoms with van der Waals surface area (Å²) < 4.78 is 23.0. The first-order valence-corrected chi connectivity index (χ1v) is 6.63. The van der Waals surface area contributed by atoms with E-state index in [0.717, 1.165) is 0 Å². The van der Waals surface area contributed by atoms with Gasteiger partial charge in [0.25, 0.3) is 0 Å². The van der Waals surface area contributed by atoms with Crippen molar-refractivity contribution in [1.29, 1.82) is 5.26 Å². The van der Waals surface area contributed by atoms with Gasteiger partial charge in [0.2, 0.25) is 5.91 Å². The summed E-state index contributed by atoms with van der Waals surface area (Å²) in [6.45, 7) is 1.27. The van der Waals surface area contributed by atoms with Gasteiger partial charge in [-0.1, -0.05) is 18.2 Å². The van der Waals surface area contributed by atoms with Crippen LogP contribution in [-0.2, 0) is 14.6 Å². The highest BCUT2D eigenvalue weighted by atomic mass is 32.2. The largest absolute Gasteiger partial charge is 0.325 e. The van der Waals surface area contributed by atoms with Crippen LogP contribution in [0, 0.1) is 11.3 Å². The third kappa shape index (κ3) is 3.57. The summed E-state index contributed by atoms with van der Waals surface area (Å²) in [4.78, 5) is 11.6. The molecule has 1 N–H and O–H groups in total. The van der Waals surface area contributed by atoms with E-state index in [0.29, 0.717) is 5.69 Å². The number of anilines is 1. The van der Waals surface area contributed by atoms with Crippen LogP contribution >= 0.6 is 0 Å². The minimum absolute atomic E-state index is 0.525. The van der Waals surface area contributed by atoms with Crippen molar-refractivity contribution in [2.75, 3.05) is 11.1 Å². The third-order valence-electron chi connectivity index (χ3n) is 2.21. The van der Waals surface area contributed by atoms with Gasteiger partial charge in [-0.2, -0.15) is 5.26 Å². The van der Waals surface area contributed by atoms with Crippen molar-refractivity contribution in [3.05, 3.63) is 30.3 Å². The van der Waals surface area contributed by atoms with Gasteiger partial charge in [0.1, 0.15) is 11.0 Å². The molecular formula is C11H12N2O3S. The Labute approximate surface area is 100.0 Å². The number of carbonyl (C=O) groups is 1. The first-order valence-electron chi connectivity index (χ1n) is 4.92. The molecular weight excluding hydrogens is 240 g/mol. The number of sulfone groups is 1. The van der Waals surface area contributed by atoms with Crippen LogP contribution in [0.25, 0.3) is 0 Å². The normalized spacial score (nSPS) is 12.5. The van der Waals surface area contributed by atoms with Crippen LogP contribution in [0.3, 0.4) is 0 Å². The minimum Gasteiger partial charge on any atom is -0.325 e. The predicted octanol–water partition coefficient (Wildman–Crippen LogP) is 0.952. The van der Waals surface area contributed by atoms with Crippen LogP contribution in [-0.4, -0.2) is 25.3 Å². The minimum atomic E-state index is -3.70. The van der Waals surface area contributed by atoms with Crippen molar-refractivity contribution in [3.8, 4) is 6.07 Å². The van der Waals surface area contributed by atoms with Crippen molar-refractivity contribution in [1.82, 2.24) is 0 Å². The Hall–Kier alpha value is -1.87. The molecule has 0 aliphatic rings. The lowest BCUT2D eigenvalue weighted by Gasteiger charge is -2.11. The first kappa shape index (κ1) is 13.2. The summed E-state index contributed by atoms with van der Waals surface area (Å²) in [6.07, 6.45) is 0. The Balaban J connectivity index is 2.76. The zero-order valence-electron chi connectivity index (χ0n) is 9.25. The van der Waals surface area contributed by atoms with Gasteiger partial charge in [-0.15, -0.1) is 0 Å². The summed E-state index contributed by atoms with van der Waals surface area (Å²) in [5.41, 5.74) is 0.525. The maximum Gasteiger partial charge on any atom is 0.242 e. The quantitative estimate of drug-likeness (QED) is 0.864. The average molecular weight is 252 g/mol. The van der Waals surface area contributed by atoms with E-state index in [1.165, 1.54) is 13.0 Å². The van der Waals surface area contributed by atoms with Gasteiger partial charge in [-0.3, -0.25) is 4.79 Å². The number of carbonyl (C=O) groups excluding carboxylic acids is 1. The molecule has 0 aromatic heterocycles. The highest BCUT2D eigenvalue weighted by molar-refractivity contribution is 7.92. The number of rotatable bonds is 4. The molecule has 1 amide bonds. The maximum absolute atomic E-state index is 11.6. The SMILES string of the molecule is CC(C(=O)Nc1ccccc1)S(=O)(=O)CC#N. The number of hydrogen-bond donors (Lipinski definition) is 1. The topological polar surface area (TPSA) is 87.0 Å². The Morgan fingerprint density at radius 2 is 2.00 bits per heavy atom. The van der Waals surface area contributed by atoms with Crippen molar-refractivity contribution >= 4 is 21.4 Å². The number of amides is 1. The first-order chi connectivity index (χ1) is 7.97. The Morgan fingerprint density at radius 1 is 1.41 bits per heavy atom. The molecule has 0 spiro atoms. The van der Waals surface area contributed by atoms with E-state index in [1.807, 2.05) is 0 Å². The van der Waals surface area contributed by atoms with Crippen LogP contribution in [0.2, 0.25) is 0 Å². The number of nitrogens with zero attached hydrogens (tertiary/aromatic N) is 1. The molecule has 0 heterocycles. The molecule has 5 nitrogen and oxygen atoms in total. The number of nitrogens with one attached hydrogen (secondary N) is 1. The second-order valence-electron chi connectivity index (χ2n) is 3.46. The highest BCUT2D eigenvalue weighted by Crippen LogP contribution is 2.09. The van der Waals surface area contributed by atoms with Crippen LogP contribution in [0.1, 0.15) is 6.92 Å². The fourth-order valence-electron chi connectivity index (χ4n) is 1.14. The Bertz CT molecular complexity index is 532. The number of hydrogen-bond acceptors (Lipinski definition) is 4. The summed E-state index contributed by atoms with van der Waals surface area (Å²) in [7, 11) is -3.70. The van der Waals surface area contributed by atoms with Gasteiger partial charge in [-0.25, -0.2) is 8.42 Å². The van der Waals surface area contributed by atoms with Crippen LogP contribution in [0.15, 0.2) is 30.3 Å². The van der Waals surface area contributed by atoms with Gasteiger partial charge in [0.15, 0.2) is 9.84 Å². The summed E-state index contributed by atoms with van der Waals surface area (Å²) >= 11 is 0. The smallest absolute Gasteiger partial charge is 0.242 e. The van der Waals surface area contributed by atoms with Crippen molar-refractivity contribution in [2.24, 2.45) is 0 Å². The molecule has 6 heteroatoms. The molecule has 0 saturated carbocycles. The Morgan fingerprint density at radius 3 is 2.53 bits per heavy atom. The lowest BCUT2D eigenvalue weighted by Crippen LogP contribution is -2.33. The zero-order valence-corrected chi connectivity index (χ0v) is 10.1. The molecule has 0 fully saturated rings. The van der Waals surface area contributed by atoms with E-state index in [2.05, 4.69) is 5.32 Å². The van der Waals surface area contributed by atoms with E-state index >= 15 is 0 Å². The fraction of sp³-hybridized carbons (Fsp3) is 0.273. The summed E-state index contributed by atoms with van der Waals surface area (Å²) in [5, 5.41) is 9.61. The molecule has 0 radical (unpaired) electrons. The van der Waals surface area contributed by atoms with E-state index in [1.54, 1.807) is 30.3 Å². The van der Waals surface area contributed by atoms with Crippen molar-refractivity contribution in [3.63, 3.8) is 0 Å². The predicted molar refractivity (Wildman–Crippen MR) is 63.9 cm³/mol. The van der Waals surface area contributed by atoms with Gasteiger partial charge in [0.05, 0.1) is 6.07 Å². The molecule has 0 aliphatic heterocycles. The third-order valence-corrected chi connectivity index (χ3v) is 4.04. The number of nitriles is 1.